The van der Waals surface area contributed by atoms with E-state index in [1.54, 1.807) is 37.5 Å². The molecule has 98 valence electrons. The fourth-order valence-corrected chi connectivity index (χ4v) is 1.68. The van der Waals surface area contributed by atoms with E-state index in [2.05, 4.69) is 10.4 Å². The van der Waals surface area contributed by atoms with Crippen LogP contribution in [0.2, 0.25) is 0 Å². The van der Waals surface area contributed by atoms with E-state index >= 15 is 0 Å². The van der Waals surface area contributed by atoms with Gasteiger partial charge >= 0.3 is 5.97 Å². The number of aryl methyl sites for hydroxylation is 1. The van der Waals surface area contributed by atoms with Gasteiger partial charge in [-0.3, -0.25) is 14.3 Å². The minimum absolute atomic E-state index is 0.0728. The van der Waals surface area contributed by atoms with Gasteiger partial charge in [-0.1, -0.05) is 12.1 Å². The molecule has 0 radical (unpaired) electrons. The molecule has 0 saturated heterocycles. The van der Waals surface area contributed by atoms with Gasteiger partial charge in [-0.2, -0.15) is 5.10 Å². The Balaban J connectivity index is 2.10. The van der Waals surface area contributed by atoms with Crippen LogP contribution in [-0.2, 0) is 18.3 Å². The maximum absolute atomic E-state index is 11.9. The minimum Gasteiger partial charge on any atom is -0.481 e. The average Bonchev–Trinajstić information content (AvgIpc) is 2.75. The second-order valence-corrected chi connectivity index (χ2v) is 4.13. The van der Waals surface area contributed by atoms with E-state index in [4.69, 9.17) is 5.11 Å². The van der Waals surface area contributed by atoms with Gasteiger partial charge in [0.15, 0.2) is 0 Å². The van der Waals surface area contributed by atoms with Gasteiger partial charge in [0.25, 0.3) is 5.91 Å². The molecule has 6 nitrogen and oxygen atoms in total. The van der Waals surface area contributed by atoms with E-state index in [0.29, 0.717) is 16.8 Å². The molecule has 0 aliphatic rings. The highest BCUT2D eigenvalue weighted by molar-refractivity contribution is 6.03. The number of aromatic nitrogens is 2. The Morgan fingerprint density at radius 3 is 2.84 bits per heavy atom. The molecule has 2 aromatic rings. The molecule has 1 heterocycles. The van der Waals surface area contributed by atoms with Crippen molar-refractivity contribution in [3.05, 3.63) is 47.8 Å². The van der Waals surface area contributed by atoms with Crippen LogP contribution >= 0.6 is 0 Å². The van der Waals surface area contributed by atoms with Crippen LogP contribution in [0, 0.1) is 0 Å². The highest BCUT2D eigenvalue weighted by Gasteiger charge is 2.08. The van der Waals surface area contributed by atoms with E-state index in [0.717, 1.165) is 0 Å². The zero-order valence-corrected chi connectivity index (χ0v) is 10.3. The Morgan fingerprint density at radius 1 is 1.42 bits per heavy atom. The van der Waals surface area contributed by atoms with E-state index in [-0.39, 0.29) is 12.3 Å². The Kier molecular flexibility index (Phi) is 3.61. The fraction of sp³-hybridized carbons (Fsp3) is 0.154. The zero-order chi connectivity index (χ0) is 13.8. The summed E-state index contributed by atoms with van der Waals surface area (Å²) in [4.78, 5) is 22.5. The van der Waals surface area contributed by atoms with E-state index < -0.39 is 5.97 Å². The lowest BCUT2D eigenvalue weighted by atomic mass is 10.1. The molecule has 0 bridgehead atoms. The van der Waals surface area contributed by atoms with Crippen molar-refractivity contribution in [1.82, 2.24) is 9.78 Å². The van der Waals surface area contributed by atoms with Gasteiger partial charge in [0.1, 0.15) is 0 Å². The zero-order valence-electron chi connectivity index (χ0n) is 10.3. The Labute approximate surface area is 109 Å². The normalized spacial score (nSPS) is 10.2. The summed E-state index contributed by atoms with van der Waals surface area (Å²) in [5.41, 5.74) is 1.65. The molecule has 19 heavy (non-hydrogen) atoms. The molecule has 0 saturated carbocycles. The van der Waals surface area contributed by atoms with Gasteiger partial charge in [0.05, 0.1) is 18.2 Å². The van der Waals surface area contributed by atoms with E-state index in [1.165, 1.54) is 10.9 Å². The van der Waals surface area contributed by atoms with Crippen molar-refractivity contribution in [2.24, 2.45) is 7.05 Å². The number of hydrogen-bond acceptors (Lipinski definition) is 3. The molecule has 0 spiro atoms. The van der Waals surface area contributed by atoms with Gasteiger partial charge in [0.2, 0.25) is 0 Å². The topological polar surface area (TPSA) is 84.2 Å². The Bertz CT molecular complexity index is 619. The monoisotopic (exact) mass is 259 g/mol. The first-order valence-corrected chi connectivity index (χ1v) is 5.65. The third-order valence-electron chi connectivity index (χ3n) is 2.51. The number of benzene rings is 1. The van der Waals surface area contributed by atoms with Crippen molar-refractivity contribution in [2.75, 3.05) is 5.32 Å². The summed E-state index contributed by atoms with van der Waals surface area (Å²) < 4.78 is 1.54. The van der Waals surface area contributed by atoms with Gasteiger partial charge in [-0.25, -0.2) is 0 Å². The summed E-state index contributed by atoms with van der Waals surface area (Å²) in [5, 5.41) is 15.3. The number of nitrogens with one attached hydrogen (secondary N) is 1. The maximum atomic E-state index is 11.9. The summed E-state index contributed by atoms with van der Waals surface area (Å²) >= 11 is 0. The molecule has 0 aliphatic heterocycles. The van der Waals surface area contributed by atoms with Crippen LogP contribution < -0.4 is 5.32 Å². The third-order valence-corrected chi connectivity index (χ3v) is 2.51. The number of aliphatic carboxylic acids is 1. The first-order valence-electron chi connectivity index (χ1n) is 5.65. The number of amides is 1. The van der Waals surface area contributed by atoms with Crippen LogP contribution in [0.5, 0.6) is 0 Å². The van der Waals surface area contributed by atoms with Crippen LogP contribution in [0.3, 0.4) is 0 Å². The number of carboxylic acid groups (broad SMARTS) is 1. The predicted octanol–water partition coefficient (Wildman–Crippen LogP) is 1.30. The van der Waals surface area contributed by atoms with Crippen LogP contribution in [0.1, 0.15) is 15.9 Å². The Morgan fingerprint density at radius 2 is 2.21 bits per heavy atom. The smallest absolute Gasteiger partial charge is 0.307 e. The number of anilines is 1. The molecule has 0 aliphatic carbocycles. The van der Waals surface area contributed by atoms with E-state index in [9.17, 15) is 9.59 Å². The van der Waals surface area contributed by atoms with Crippen LogP contribution in [0.4, 0.5) is 5.69 Å². The first-order chi connectivity index (χ1) is 9.04. The number of carbonyl (C=O) groups excluding carboxylic acids is 1. The van der Waals surface area contributed by atoms with Crippen LogP contribution in [0.25, 0.3) is 0 Å². The van der Waals surface area contributed by atoms with Crippen molar-refractivity contribution < 1.29 is 14.7 Å². The third kappa shape index (κ3) is 3.41. The minimum atomic E-state index is -0.907. The molecule has 2 N–H and O–H groups in total. The lowest BCUT2D eigenvalue weighted by Crippen LogP contribution is -2.11. The van der Waals surface area contributed by atoms with Crippen LogP contribution in [0.15, 0.2) is 36.7 Å². The average molecular weight is 259 g/mol. The second-order valence-electron chi connectivity index (χ2n) is 4.13. The second kappa shape index (κ2) is 5.34. The molecule has 0 fully saturated rings. The van der Waals surface area contributed by atoms with Gasteiger partial charge in [-0.15, -0.1) is 0 Å². The standard InChI is InChI=1S/C13H13N3O3/c1-16-8-10(7-14-16)13(19)15-11-4-2-3-9(5-11)6-12(17)18/h2-5,7-8H,6H2,1H3,(H,15,19)(H,17,18). The summed E-state index contributed by atoms with van der Waals surface area (Å²) in [6, 6.07) is 6.76. The van der Waals surface area contributed by atoms with Crippen LogP contribution in [-0.4, -0.2) is 26.8 Å². The van der Waals surface area contributed by atoms with Gasteiger partial charge < -0.3 is 10.4 Å². The first kappa shape index (κ1) is 12.8. The molecular weight excluding hydrogens is 246 g/mol. The van der Waals surface area contributed by atoms with Gasteiger partial charge in [-0.05, 0) is 17.7 Å². The number of rotatable bonds is 4. The molecule has 1 aromatic carbocycles. The highest BCUT2D eigenvalue weighted by Crippen LogP contribution is 2.12. The molecule has 2 rings (SSSR count). The van der Waals surface area contributed by atoms with Crippen molar-refractivity contribution in [3.63, 3.8) is 0 Å². The number of hydrogen-bond donors (Lipinski definition) is 2. The SMILES string of the molecule is Cn1cc(C(=O)Nc2cccc(CC(=O)O)c2)cn1. The van der Waals surface area contributed by atoms with Gasteiger partial charge in [0, 0.05) is 18.9 Å². The molecule has 6 heteroatoms. The largest absolute Gasteiger partial charge is 0.481 e. The summed E-state index contributed by atoms with van der Waals surface area (Å²) in [5.74, 6) is -1.18. The van der Waals surface area contributed by atoms with E-state index in [1.807, 2.05) is 0 Å². The molecule has 1 aromatic heterocycles. The molecule has 0 atom stereocenters. The maximum Gasteiger partial charge on any atom is 0.307 e. The summed E-state index contributed by atoms with van der Waals surface area (Å²) in [6.45, 7) is 0. The van der Waals surface area contributed by atoms with Crippen molar-refractivity contribution in [2.45, 2.75) is 6.42 Å². The van der Waals surface area contributed by atoms with Crippen molar-refractivity contribution in [3.8, 4) is 0 Å². The number of nitrogens with zero attached hydrogens (tertiary/aromatic N) is 2. The molecule has 0 unspecified atom stereocenters. The summed E-state index contributed by atoms with van der Waals surface area (Å²) in [7, 11) is 1.73. The van der Waals surface area contributed by atoms with Crippen molar-refractivity contribution >= 4 is 17.6 Å². The lowest BCUT2D eigenvalue weighted by molar-refractivity contribution is -0.136. The molecular formula is C13H13N3O3. The fourth-order valence-electron chi connectivity index (χ4n) is 1.68. The number of carbonyl (C=O) groups is 2. The Hall–Kier alpha value is -2.63. The predicted molar refractivity (Wildman–Crippen MR) is 68.9 cm³/mol. The highest BCUT2D eigenvalue weighted by atomic mass is 16.4. The summed E-state index contributed by atoms with van der Waals surface area (Å²) in [6.07, 6.45) is 3.00. The quantitative estimate of drug-likeness (QED) is 0.866. The van der Waals surface area contributed by atoms with Crippen molar-refractivity contribution in [1.29, 1.82) is 0 Å². The lowest BCUT2D eigenvalue weighted by Gasteiger charge is -2.05. The molecule has 1 amide bonds. The number of carboxylic acids is 1.